The predicted molar refractivity (Wildman–Crippen MR) is 94.8 cm³/mol. The molecular formula is C21H21N3. The van der Waals surface area contributed by atoms with E-state index in [1.54, 1.807) is 0 Å². The van der Waals surface area contributed by atoms with E-state index < -0.39 is 0 Å². The van der Waals surface area contributed by atoms with Crippen LogP contribution in [0.3, 0.4) is 0 Å². The molecule has 120 valence electrons. The summed E-state index contributed by atoms with van der Waals surface area (Å²) in [6, 6.07) is 15.0. The van der Waals surface area contributed by atoms with Gasteiger partial charge >= 0.3 is 0 Å². The zero-order chi connectivity index (χ0) is 17.1. The Morgan fingerprint density at radius 3 is 2.38 bits per heavy atom. The summed E-state index contributed by atoms with van der Waals surface area (Å²) in [6.07, 6.45) is 5.93. The average molecular weight is 315 g/mol. The fourth-order valence-electron chi connectivity index (χ4n) is 4.41. The first-order valence-corrected chi connectivity index (χ1v) is 8.35. The number of fused-ring (bicyclic) bond motifs is 2. The van der Waals surface area contributed by atoms with Crippen LogP contribution in [-0.4, -0.2) is 12.1 Å². The van der Waals surface area contributed by atoms with Crippen molar-refractivity contribution in [2.75, 3.05) is 0 Å². The van der Waals surface area contributed by atoms with E-state index in [1.807, 2.05) is 30.4 Å². The van der Waals surface area contributed by atoms with Crippen LogP contribution in [0.5, 0.6) is 0 Å². The summed E-state index contributed by atoms with van der Waals surface area (Å²) in [4.78, 5) is 0. The van der Waals surface area contributed by atoms with Crippen LogP contribution >= 0.6 is 0 Å². The Kier molecular flexibility index (Phi) is 4.65. The second-order valence-corrected chi connectivity index (χ2v) is 6.47. The highest BCUT2D eigenvalue weighted by atomic mass is 15.0. The summed E-state index contributed by atoms with van der Waals surface area (Å²) < 4.78 is 0. The average Bonchev–Trinajstić information content (AvgIpc) is 3.05. The normalized spacial score (nSPS) is 29.2. The van der Waals surface area contributed by atoms with Crippen molar-refractivity contribution in [2.45, 2.75) is 30.8 Å². The van der Waals surface area contributed by atoms with Crippen LogP contribution in [0.4, 0.5) is 0 Å². The first kappa shape index (κ1) is 16.2. The lowest BCUT2D eigenvalue weighted by Gasteiger charge is -2.41. The molecule has 1 aromatic rings. The van der Waals surface area contributed by atoms with Crippen LogP contribution in [0.15, 0.2) is 66.8 Å². The smallest absolute Gasteiger partial charge is 0.129 e. The highest BCUT2D eigenvalue weighted by Gasteiger charge is 2.47. The monoisotopic (exact) mass is 315 g/mol. The molecule has 2 fully saturated rings. The largest absolute Gasteiger partial charge is 0.310 e. The van der Waals surface area contributed by atoms with Gasteiger partial charge in [-0.2, -0.15) is 10.5 Å². The minimum Gasteiger partial charge on any atom is -0.310 e. The molecule has 1 aromatic carbocycles. The Morgan fingerprint density at radius 1 is 1.12 bits per heavy atom. The number of rotatable bonds is 4. The van der Waals surface area contributed by atoms with Crippen LogP contribution in [0, 0.1) is 34.5 Å². The highest BCUT2D eigenvalue weighted by molar-refractivity contribution is 5.48. The lowest BCUT2D eigenvalue weighted by molar-refractivity contribution is 0.307. The lowest BCUT2D eigenvalue weighted by Crippen LogP contribution is -2.48. The van der Waals surface area contributed by atoms with E-state index in [-0.39, 0.29) is 35.4 Å². The molecule has 2 aliphatic rings. The van der Waals surface area contributed by atoms with E-state index in [1.165, 1.54) is 5.56 Å². The predicted octanol–water partition coefficient (Wildman–Crippen LogP) is 3.85. The van der Waals surface area contributed by atoms with Crippen LogP contribution in [0.25, 0.3) is 0 Å². The highest BCUT2D eigenvalue weighted by Crippen LogP contribution is 2.47. The maximum Gasteiger partial charge on any atom is 0.129 e. The van der Waals surface area contributed by atoms with Gasteiger partial charge in [0.25, 0.3) is 0 Å². The SMILES string of the molecule is C=C[C@@H]1C(=C(C#N)C#N)[C@H]([C@@H](C=C)c2ccccc2)C2CC[C@@H]1N2. The molecule has 0 radical (unpaired) electrons. The minimum absolute atomic E-state index is 0.0224. The maximum absolute atomic E-state index is 9.52. The molecule has 3 heteroatoms. The van der Waals surface area contributed by atoms with Gasteiger partial charge in [-0.3, -0.25) is 0 Å². The third-order valence-corrected chi connectivity index (χ3v) is 5.39. The molecule has 0 saturated carbocycles. The molecule has 0 amide bonds. The fourth-order valence-corrected chi connectivity index (χ4v) is 4.41. The van der Waals surface area contributed by atoms with Crippen molar-refractivity contribution in [2.24, 2.45) is 11.8 Å². The summed E-state index contributed by atoms with van der Waals surface area (Å²) in [5.41, 5.74) is 2.35. The molecule has 2 heterocycles. The van der Waals surface area contributed by atoms with E-state index in [0.29, 0.717) is 0 Å². The Bertz CT molecular complexity index is 732. The summed E-state index contributed by atoms with van der Waals surface area (Å²) in [6.45, 7) is 8.03. The third kappa shape index (κ3) is 2.58. The molecule has 2 saturated heterocycles. The summed E-state index contributed by atoms with van der Waals surface area (Å²) in [5.74, 6) is 0.145. The van der Waals surface area contributed by atoms with E-state index >= 15 is 0 Å². The molecule has 2 aliphatic heterocycles. The van der Waals surface area contributed by atoms with Crippen LogP contribution in [0.2, 0.25) is 0 Å². The molecule has 5 atom stereocenters. The third-order valence-electron chi connectivity index (χ3n) is 5.39. The van der Waals surface area contributed by atoms with E-state index in [0.717, 1.165) is 18.4 Å². The topological polar surface area (TPSA) is 59.6 Å². The van der Waals surface area contributed by atoms with Gasteiger partial charge in [0.15, 0.2) is 0 Å². The first-order chi connectivity index (χ1) is 11.7. The van der Waals surface area contributed by atoms with Crippen LogP contribution in [0.1, 0.15) is 24.3 Å². The second-order valence-electron chi connectivity index (χ2n) is 6.47. The van der Waals surface area contributed by atoms with Gasteiger partial charge in [0.2, 0.25) is 0 Å². The van der Waals surface area contributed by atoms with Gasteiger partial charge in [-0.15, -0.1) is 13.2 Å². The second kappa shape index (κ2) is 6.87. The van der Waals surface area contributed by atoms with E-state index in [4.69, 9.17) is 0 Å². The maximum atomic E-state index is 9.52. The molecular weight excluding hydrogens is 294 g/mol. The van der Waals surface area contributed by atoms with Gasteiger partial charge in [-0.05, 0) is 24.0 Å². The van der Waals surface area contributed by atoms with Gasteiger partial charge in [0, 0.05) is 29.8 Å². The molecule has 0 aromatic heterocycles. The molecule has 3 rings (SSSR count). The van der Waals surface area contributed by atoms with Crippen molar-refractivity contribution in [1.29, 1.82) is 10.5 Å². The van der Waals surface area contributed by atoms with Gasteiger partial charge in [0.1, 0.15) is 17.7 Å². The molecule has 1 unspecified atom stereocenters. The van der Waals surface area contributed by atoms with Crippen LogP contribution < -0.4 is 5.32 Å². The summed E-state index contributed by atoms with van der Waals surface area (Å²) in [7, 11) is 0. The van der Waals surface area contributed by atoms with Gasteiger partial charge in [0.05, 0.1) is 0 Å². The van der Waals surface area contributed by atoms with Gasteiger partial charge in [-0.1, -0.05) is 42.5 Å². The van der Waals surface area contributed by atoms with Crippen molar-refractivity contribution in [3.63, 3.8) is 0 Å². The zero-order valence-corrected chi connectivity index (χ0v) is 13.7. The quantitative estimate of drug-likeness (QED) is 0.678. The number of nitriles is 2. The van der Waals surface area contributed by atoms with Crippen molar-refractivity contribution in [3.05, 3.63) is 72.4 Å². The number of benzene rings is 1. The Hall–Kier alpha value is -2.62. The molecule has 0 aliphatic carbocycles. The number of allylic oxidation sites excluding steroid dienone is 2. The molecule has 1 N–H and O–H groups in total. The van der Waals surface area contributed by atoms with Crippen molar-refractivity contribution in [3.8, 4) is 12.1 Å². The molecule has 2 bridgehead atoms. The zero-order valence-electron chi connectivity index (χ0n) is 13.7. The van der Waals surface area contributed by atoms with Crippen molar-refractivity contribution < 1.29 is 0 Å². The lowest BCUT2D eigenvalue weighted by atomic mass is 9.69. The first-order valence-electron chi connectivity index (χ1n) is 8.35. The summed E-state index contributed by atoms with van der Waals surface area (Å²) >= 11 is 0. The summed E-state index contributed by atoms with van der Waals surface area (Å²) in [5, 5.41) is 22.7. The number of hydrogen-bond acceptors (Lipinski definition) is 3. The number of hydrogen-bond donors (Lipinski definition) is 1. The van der Waals surface area contributed by atoms with Crippen molar-refractivity contribution >= 4 is 0 Å². The Balaban J connectivity index is 2.16. The molecule has 0 spiro atoms. The minimum atomic E-state index is 0.0224. The van der Waals surface area contributed by atoms with Crippen molar-refractivity contribution in [1.82, 2.24) is 5.32 Å². The Labute approximate surface area is 143 Å². The standard InChI is InChI=1S/C21H21N3/c1-3-16(14-8-6-5-7-9-14)21-19-11-10-18(24-19)17(4-2)20(21)15(12-22)13-23/h3-9,16-19,21,24H,1-2,10-11H2/t16-,17-,18-,19?,21+/m0/s1. The number of nitrogens with one attached hydrogen (secondary N) is 1. The molecule has 24 heavy (non-hydrogen) atoms. The number of piperidine rings is 1. The Morgan fingerprint density at radius 2 is 1.79 bits per heavy atom. The van der Waals surface area contributed by atoms with Crippen LogP contribution in [-0.2, 0) is 0 Å². The fraction of sp³-hybridized carbons (Fsp3) is 0.333. The van der Waals surface area contributed by atoms with Gasteiger partial charge < -0.3 is 5.32 Å². The van der Waals surface area contributed by atoms with E-state index in [2.05, 4.69) is 42.7 Å². The molecule has 3 nitrogen and oxygen atoms in total. The van der Waals surface area contributed by atoms with Gasteiger partial charge in [-0.25, -0.2) is 0 Å². The van der Waals surface area contributed by atoms with E-state index in [9.17, 15) is 10.5 Å². The number of nitrogens with zero attached hydrogens (tertiary/aromatic N) is 2.